The monoisotopic (exact) mass is 358 g/mol. The van der Waals surface area contributed by atoms with Gasteiger partial charge in [0.15, 0.2) is 0 Å². The lowest BCUT2D eigenvalue weighted by molar-refractivity contribution is -0.124. The zero-order valence-electron chi connectivity index (χ0n) is 13.9. The number of aryl methyl sites for hydroxylation is 1. The molecule has 0 bridgehead atoms. The Morgan fingerprint density at radius 3 is 2.88 bits per heavy atom. The molecule has 0 unspecified atom stereocenters. The maximum Gasteiger partial charge on any atom is 0.290 e. The Balaban J connectivity index is 1.86. The molecule has 3 rings (SSSR count). The summed E-state index contributed by atoms with van der Waals surface area (Å²) in [5.74, 6) is 0.285. The Labute approximate surface area is 148 Å². The third-order valence-corrected chi connectivity index (χ3v) is 4.74. The molecule has 0 saturated carbocycles. The smallest absolute Gasteiger partial charge is 0.290 e. The molecule has 3 aromatic heterocycles. The van der Waals surface area contributed by atoms with Gasteiger partial charge in [-0.05, 0) is 44.2 Å². The van der Waals surface area contributed by atoms with Gasteiger partial charge >= 0.3 is 0 Å². The molecule has 0 saturated heterocycles. The van der Waals surface area contributed by atoms with Crippen LogP contribution < -0.4 is 16.6 Å². The zero-order valence-corrected chi connectivity index (χ0v) is 14.7. The van der Waals surface area contributed by atoms with Crippen LogP contribution in [0.25, 0.3) is 10.6 Å². The molecular formula is C17H18N4O3S. The Kier molecular flexibility index (Phi) is 4.71. The molecule has 7 nitrogen and oxygen atoms in total. The number of hydrogen-bond acceptors (Lipinski definition) is 6. The summed E-state index contributed by atoms with van der Waals surface area (Å²) in [6, 6.07) is 8.12. The van der Waals surface area contributed by atoms with Gasteiger partial charge in [-0.1, -0.05) is 0 Å². The van der Waals surface area contributed by atoms with Gasteiger partial charge in [-0.15, -0.1) is 11.3 Å². The molecule has 8 heteroatoms. The van der Waals surface area contributed by atoms with Gasteiger partial charge in [0.2, 0.25) is 5.91 Å². The number of nitrogen functional groups attached to an aromatic ring is 1. The van der Waals surface area contributed by atoms with Crippen molar-refractivity contribution in [2.45, 2.75) is 26.4 Å². The molecule has 0 fully saturated rings. The normalized spacial score (nSPS) is 12.1. The number of carbonyl (C=O) groups is 1. The first-order valence-corrected chi connectivity index (χ1v) is 8.53. The Morgan fingerprint density at radius 2 is 2.24 bits per heavy atom. The molecule has 130 valence electrons. The Hall–Kier alpha value is -2.87. The van der Waals surface area contributed by atoms with Crippen LogP contribution in [0.1, 0.15) is 23.6 Å². The lowest BCUT2D eigenvalue weighted by Gasteiger charge is -2.15. The number of hydrogen-bond donors (Lipinski definition) is 2. The minimum atomic E-state index is -0.800. The first kappa shape index (κ1) is 17.0. The summed E-state index contributed by atoms with van der Waals surface area (Å²) in [6.07, 6.45) is 1.53. The second-order valence-electron chi connectivity index (χ2n) is 5.62. The number of anilines is 1. The minimum Gasteiger partial charge on any atom is -0.467 e. The molecule has 0 aliphatic rings. The van der Waals surface area contributed by atoms with E-state index in [1.165, 1.54) is 12.3 Å². The number of amides is 1. The second kappa shape index (κ2) is 6.94. The van der Waals surface area contributed by atoms with E-state index >= 15 is 0 Å². The number of nitrogens with one attached hydrogen (secondary N) is 1. The minimum absolute atomic E-state index is 0.0572. The molecule has 0 aliphatic heterocycles. The molecule has 3 aromatic rings. The van der Waals surface area contributed by atoms with Crippen molar-refractivity contribution in [2.75, 3.05) is 5.73 Å². The highest BCUT2D eigenvalue weighted by molar-refractivity contribution is 7.15. The van der Waals surface area contributed by atoms with Crippen LogP contribution in [0.5, 0.6) is 0 Å². The van der Waals surface area contributed by atoms with Gasteiger partial charge in [-0.3, -0.25) is 9.59 Å². The maximum absolute atomic E-state index is 12.4. The predicted octanol–water partition coefficient (Wildman–Crippen LogP) is 2.33. The van der Waals surface area contributed by atoms with Crippen molar-refractivity contribution < 1.29 is 9.21 Å². The van der Waals surface area contributed by atoms with Crippen LogP contribution in [-0.4, -0.2) is 15.7 Å². The van der Waals surface area contributed by atoms with Gasteiger partial charge in [0.25, 0.3) is 5.56 Å². The van der Waals surface area contributed by atoms with Crippen molar-refractivity contribution in [1.82, 2.24) is 15.1 Å². The highest BCUT2D eigenvalue weighted by atomic mass is 32.1. The van der Waals surface area contributed by atoms with Crippen molar-refractivity contribution in [2.24, 2.45) is 0 Å². The fourth-order valence-corrected chi connectivity index (χ4v) is 3.16. The van der Waals surface area contributed by atoms with Crippen molar-refractivity contribution in [3.05, 3.63) is 57.6 Å². The molecule has 0 spiro atoms. The van der Waals surface area contributed by atoms with Crippen LogP contribution in [0, 0.1) is 6.92 Å². The lowest BCUT2D eigenvalue weighted by atomic mass is 10.2. The van der Waals surface area contributed by atoms with Gasteiger partial charge in [0.05, 0.1) is 17.7 Å². The Bertz CT molecular complexity index is 943. The number of nitrogens with zero attached hydrogens (tertiary/aromatic N) is 2. The zero-order chi connectivity index (χ0) is 18.0. The SMILES string of the molecule is Cc1ccc(-c2cc(N)c(=O)n([C@@H](C)C(=O)NCc3ccco3)n2)s1. The number of aromatic nitrogens is 2. The molecule has 3 heterocycles. The topological polar surface area (TPSA) is 103 Å². The van der Waals surface area contributed by atoms with E-state index in [-0.39, 0.29) is 18.1 Å². The van der Waals surface area contributed by atoms with E-state index in [0.717, 1.165) is 14.4 Å². The lowest BCUT2D eigenvalue weighted by Crippen LogP contribution is -2.37. The van der Waals surface area contributed by atoms with Crippen molar-refractivity contribution in [1.29, 1.82) is 0 Å². The van der Waals surface area contributed by atoms with E-state index in [9.17, 15) is 9.59 Å². The fraction of sp³-hybridized carbons (Fsp3) is 0.235. The fourth-order valence-electron chi connectivity index (χ4n) is 2.33. The van der Waals surface area contributed by atoms with E-state index in [1.54, 1.807) is 30.4 Å². The third kappa shape index (κ3) is 3.63. The summed E-state index contributed by atoms with van der Waals surface area (Å²) in [4.78, 5) is 26.7. The van der Waals surface area contributed by atoms with Crippen LogP contribution in [0.4, 0.5) is 5.69 Å². The van der Waals surface area contributed by atoms with Gasteiger partial charge in [0.1, 0.15) is 23.2 Å². The summed E-state index contributed by atoms with van der Waals surface area (Å²) in [7, 11) is 0. The van der Waals surface area contributed by atoms with Crippen molar-refractivity contribution >= 4 is 22.9 Å². The molecule has 25 heavy (non-hydrogen) atoms. The predicted molar refractivity (Wildman–Crippen MR) is 96.2 cm³/mol. The molecule has 3 N–H and O–H groups in total. The molecule has 0 aromatic carbocycles. The van der Waals surface area contributed by atoms with Crippen LogP contribution in [0.3, 0.4) is 0 Å². The number of furan rings is 1. The quantitative estimate of drug-likeness (QED) is 0.728. The van der Waals surface area contributed by atoms with E-state index in [2.05, 4.69) is 10.4 Å². The summed E-state index contributed by atoms with van der Waals surface area (Å²) in [5, 5.41) is 7.06. The van der Waals surface area contributed by atoms with E-state index in [4.69, 9.17) is 10.2 Å². The van der Waals surface area contributed by atoms with Crippen molar-refractivity contribution in [3.63, 3.8) is 0 Å². The van der Waals surface area contributed by atoms with Gasteiger partial charge < -0.3 is 15.5 Å². The van der Waals surface area contributed by atoms with E-state index in [0.29, 0.717) is 11.5 Å². The first-order valence-electron chi connectivity index (χ1n) is 7.72. The number of carbonyl (C=O) groups excluding carboxylic acids is 1. The number of nitrogens with two attached hydrogens (primary N) is 1. The highest BCUT2D eigenvalue weighted by Gasteiger charge is 2.20. The molecule has 1 atom stereocenters. The summed E-state index contributed by atoms with van der Waals surface area (Å²) >= 11 is 1.55. The number of rotatable bonds is 5. The van der Waals surface area contributed by atoms with E-state index in [1.807, 2.05) is 19.1 Å². The first-order chi connectivity index (χ1) is 12.0. The summed E-state index contributed by atoms with van der Waals surface area (Å²) < 4.78 is 6.30. The van der Waals surface area contributed by atoms with Crippen LogP contribution in [-0.2, 0) is 11.3 Å². The van der Waals surface area contributed by atoms with Gasteiger partial charge in [-0.2, -0.15) is 5.10 Å². The van der Waals surface area contributed by atoms with Crippen molar-refractivity contribution in [3.8, 4) is 10.6 Å². The summed E-state index contributed by atoms with van der Waals surface area (Å²) in [5.41, 5.74) is 5.98. The highest BCUT2D eigenvalue weighted by Crippen LogP contribution is 2.26. The van der Waals surface area contributed by atoms with E-state index < -0.39 is 11.6 Å². The average molecular weight is 358 g/mol. The van der Waals surface area contributed by atoms with Crippen LogP contribution in [0.15, 0.2) is 45.8 Å². The standard InChI is InChI=1S/C17H18N4O3S/c1-10-5-6-15(25-10)14-8-13(18)17(23)21(20-14)11(2)16(22)19-9-12-4-3-7-24-12/h3-8,11H,9,18H2,1-2H3,(H,19,22)/t11-/m0/s1. The molecule has 0 aliphatic carbocycles. The molecule has 0 radical (unpaired) electrons. The molecular weight excluding hydrogens is 340 g/mol. The average Bonchev–Trinajstić information content (AvgIpc) is 3.26. The molecule has 1 amide bonds. The Morgan fingerprint density at radius 1 is 1.44 bits per heavy atom. The van der Waals surface area contributed by atoms with Gasteiger partial charge in [0, 0.05) is 4.88 Å². The third-order valence-electron chi connectivity index (χ3n) is 3.72. The second-order valence-corrected chi connectivity index (χ2v) is 6.91. The number of thiophene rings is 1. The largest absolute Gasteiger partial charge is 0.467 e. The van der Waals surface area contributed by atoms with Crippen LogP contribution >= 0.6 is 11.3 Å². The summed E-state index contributed by atoms with van der Waals surface area (Å²) in [6.45, 7) is 3.83. The van der Waals surface area contributed by atoms with Gasteiger partial charge in [-0.25, -0.2) is 4.68 Å². The van der Waals surface area contributed by atoms with Crippen LogP contribution in [0.2, 0.25) is 0 Å². The maximum atomic E-state index is 12.4.